The Morgan fingerprint density at radius 2 is 1.82 bits per heavy atom. The molecular formula is C26H27BrClN5O. The predicted molar refractivity (Wildman–Crippen MR) is 141 cm³/mol. The highest BCUT2D eigenvalue weighted by atomic mass is 79.9. The number of aromatic nitrogens is 3. The highest BCUT2D eigenvalue weighted by Crippen LogP contribution is 2.30. The number of nitrogens with zero attached hydrogens (tertiary/aromatic N) is 3. The largest absolute Gasteiger partial charge is 0.370 e. The molecule has 0 spiro atoms. The number of anilines is 1. The summed E-state index contributed by atoms with van der Waals surface area (Å²) in [5.74, 6) is 0.886. The van der Waals surface area contributed by atoms with Crippen LogP contribution in [0.2, 0.25) is 5.02 Å². The number of hydrogen-bond acceptors (Lipinski definition) is 4. The van der Waals surface area contributed by atoms with E-state index in [9.17, 15) is 4.79 Å². The zero-order valence-corrected chi connectivity index (χ0v) is 21.3. The predicted octanol–water partition coefficient (Wildman–Crippen LogP) is 6.00. The van der Waals surface area contributed by atoms with Crippen molar-refractivity contribution in [3.8, 4) is 11.3 Å². The summed E-state index contributed by atoms with van der Waals surface area (Å²) in [5.41, 5.74) is 3.55. The number of unbranched alkanes of at least 4 members (excludes halogenated alkanes) is 1. The van der Waals surface area contributed by atoms with E-state index < -0.39 is 0 Å². The summed E-state index contributed by atoms with van der Waals surface area (Å²) in [6.07, 6.45) is 4.27. The van der Waals surface area contributed by atoms with Gasteiger partial charge < -0.3 is 10.6 Å². The Balaban J connectivity index is 1.30. The van der Waals surface area contributed by atoms with Crippen molar-refractivity contribution in [3.05, 3.63) is 81.9 Å². The Morgan fingerprint density at radius 1 is 1.09 bits per heavy atom. The van der Waals surface area contributed by atoms with Crippen LogP contribution in [0.3, 0.4) is 0 Å². The molecule has 4 rings (SSSR count). The molecule has 1 amide bonds. The van der Waals surface area contributed by atoms with Gasteiger partial charge in [0, 0.05) is 35.7 Å². The van der Waals surface area contributed by atoms with Gasteiger partial charge in [0.1, 0.15) is 5.82 Å². The molecule has 0 aliphatic carbocycles. The van der Waals surface area contributed by atoms with E-state index in [1.807, 2.05) is 55.5 Å². The number of rotatable bonds is 10. The summed E-state index contributed by atoms with van der Waals surface area (Å²) in [6, 6.07) is 19.7. The minimum absolute atomic E-state index is 0.0490. The maximum atomic E-state index is 12.4. The van der Waals surface area contributed by atoms with Crippen molar-refractivity contribution < 1.29 is 4.79 Å². The normalized spacial score (nSPS) is 12.0. The van der Waals surface area contributed by atoms with Crippen LogP contribution >= 0.6 is 27.5 Å². The lowest BCUT2D eigenvalue weighted by molar-refractivity contribution is -0.124. The number of fused-ring (bicyclic) bond motifs is 1. The molecule has 0 radical (unpaired) electrons. The van der Waals surface area contributed by atoms with Gasteiger partial charge in [0.15, 0.2) is 5.65 Å². The summed E-state index contributed by atoms with van der Waals surface area (Å²) in [7, 11) is 0. The van der Waals surface area contributed by atoms with Crippen LogP contribution in [0.15, 0.2) is 71.3 Å². The summed E-state index contributed by atoms with van der Waals surface area (Å²) < 4.78 is 2.59. The molecule has 0 saturated carbocycles. The molecule has 0 bridgehead atoms. The van der Waals surface area contributed by atoms with Crippen molar-refractivity contribution in [2.24, 2.45) is 5.92 Å². The summed E-state index contributed by atoms with van der Waals surface area (Å²) in [5, 5.41) is 11.6. The fourth-order valence-corrected chi connectivity index (χ4v) is 4.36. The summed E-state index contributed by atoms with van der Waals surface area (Å²) >= 11 is 9.93. The van der Waals surface area contributed by atoms with Gasteiger partial charge in [-0.2, -0.15) is 9.61 Å². The monoisotopic (exact) mass is 539 g/mol. The fourth-order valence-electron chi connectivity index (χ4n) is 3.78. The number of hydrogen-bond donors (Lipinski definition) is 2. The van der Waals surface area contributed by atoms with Gasteiger partial charge in [0.05, 0.1) is 16.4 Å². The average molecular weight is 541 g/mol. The number of amides is 1. The van der Waals surface area contributed by atoms with Gasteiger partial charge in [-0.05, 0) is 46.8 Å². The molecule has 2 N–H and O–H groups in total. The van der Waals surface area contributed by atoms with Crippen LogP contribution in [0, 0.1) is 5.92 Å². The van der Waals surface area contributed by atoms with Gasteiger partial charge in [-0.3, -0.25) is 4.79 Å². The molecule has 0 saturated heterocycles. The van der Waals surface area contributed by atoms with E-state index in [4.69, 9.17) is 16.6 Å². The van der Waals surface area contributed by atoms with E-state index in [2.05, 4.69) is 43.8 Å². The van der Waals surface area contributed by atoms with E-state index in [1.165, 1.54) is 5.56 Å². The Bertz CT molecular complexity index is 1260. The molecule has 176 valence electrons. The molecule has 4 aromatic rings. The highest BCUT2D eigenvalue weighted by Gasteiger charge is 2.14. The van der Waals surface area contributed by atoms with Gasteiger partial charge in [0.2, 0.25) is 5.91 Å². The van der Waals surface area contributed by atoms with Gasteiger partial charge in [-0.1, -0.05) is 67.1 Å². The molecule has 0 aliphatic rings. The van der Waals surface area contributed by atoms with Crippen LogP contribution in [0.25, 0.3) is 16.9 Å². The third-order valence-corrected chi connectivity index (χ3v) is 6.51. The van der Waals surface area contributed by atoms with E-state index >= 15 is 0 Å². The van der Waals surface area contributed by atoms with Gasteiger partial charge >= 0.3 is 0 Å². The van der Waals surface area contributed by atoms with Crippen LogP contribution in [-0.4, -0.2) is 33.6 Å². The first-order chi connectivity index (χ1) is 16.5. The second-order valence-electron chi connectivity index (χ2n) is 8.25. The smallest absolute Gasteiger partial charge is 0.223 e. The SMILES string of the molecule is CC(Cc1ccccc1)C(=O)NCCCCNc1cc(-c2ccccc2Cl)nc2c(Br)cnn12. The molecule has 1 atom stereocenters. The van der Waals surface area contributed by atoms with Crippen molar-refractivity contribution in [2.45, 2.75) is 26.2 Å². The lowest BCUT2D eigenvalue weighted by Gasteiger charge is -2.13. The van der Waals surface area contributed by atoms with E-state index in [0.717, 1.165) is 53.0 Å². The van der Waals surface area contributed by atoms with Crippen molar-refractivity contribution in [1.82, 2.24) is 19.9 Å². The van der Waals surface area contributed by atoms with Gasteiger partial charge in [-0.15, -0.1) is 0 Å². The van der Waals surface area contributed by atoms with Crippen molar-refractivity contribution in [3.63, 3.8) is 0 Å². The molecule has 0 fully saturated rings. The molecule has 8 heteroatoms. The van der Waals surface area contributed by atoms with Crippen molar-refractivity contribution >= 4 is 44.9 Å². The second-order valence-corrected chi connectivity index (χ2v) is 9.51. The first-order valence-corrected chi connectivity index (χ1v) is 12.5. The highest BCUT2D eigenvalue weighted by molar-refractivity contribution is 9.10. The Morgan fingerprint density at radius 3 is 2.62 bits per heavy atom. The zero-order valence-electron chi connectivity index (χ0n) is 19.0. The van der Waals surface area contributed by atoms with Crippen LogP contribution in [-0.2, 0) is 11.2 Å². The Labute approximate surface area is 212 Å². The molecular weight excluding hydrogens is 514 g/mol. The molecule has 1 unspecified atom stereocenters. The van der Waals surface area contributed by atoms with Crippen LogP contribution in [0.1, 0.15) is 25.3 Å². The van der Waals surface area contributed by atoms with E-state index in [0.29, 0.717) is 11.6 Å². The minimum atomic E-state index is -0.0490. The quantitative estimate of drug-likeness (QED) is 0.242. The molecule has 2 aromatic carbocycles. The topological polar surface area (TPSA) is 71.3 Å². The Kier molecular flexibility index (Phi) is 8.19. The average Bonchev–Trinajstić information content (AvgIpc) is 3.22. The maximum Gasteiger partial charge on any atom is 0.223 e. The first-order valence-electron chi connectivity index (χ1n) is 11.4. The number of halogens is 2. The van der Waals surface area contributed by atoms with Crippen LogP contribution in [0.4, 0.5) is 5.82 Å². The molecule has 0 aliphatic heterocycles. The van der Waals surface area contributed by atoms with E-state index in [1.54, 1.807) is 10.7 Å². The molecule has 34 heavy (non-hydrogen) atoms. The summed E-state index contributed by atoms with van der Waals surface area (Å²) in [4.78, 5) is 17.1. The zero-order chi connectivity index (χ0) is 23.9. The lowest BCUT2D eigenvalue weighted by Crippen LogP contribution is -2.31. The van der Waals surface area contributed by atoms with Crippen molar-refractivity contribution in [2.75, 3.05) is 18.4 Å². The molecule has 6 nitrogen and oxygen atoms in total. The summed E-state index contributed by atoms with van der Waals surface area (Å²) in [6.45, 7) is 3.37. The van der Waals surface area contributed by atoms with Crippen LogP contribution in [0.5, 0.6) is 0 Å². The second kappa shape index (κ2) is 11.5. The maximum absolute atomic E-state index is 12.4. The van der Waals surface area contributed by atoms with E-state index in [-0.39, 0.29) is 11.8 Å². The number of nitrogens with one attached hydrogen (secondary N) is 2. The third-order valence-electron chi connectivity index (χ3n) is 5.62. The molecule has 2 heterocycles. The Hall–Kier alpha value is -2.90. The standard InChI is InChI=1S/C26H27BrClN5O/c1-18(15-19-9-3-2-4-10-19)26(34)30-14-8-7-13-29-24-16-23(20-11-5-6-12-22(20)28)32-25-21(27)17-31-33(24)25/h2-6,9-12,16-18,29H,7-8,13-15H2,1H3,(H,30,34). The number of carbonyl (C=O) groups is 1. The fraction of sp³-hybridized carbons (Fsp3) is 0.269. The van der Waals surface area contributed by atoms with Gasteiger partial charge in [-0.25, -0.2) is 4.98 Å². The number of carbonyl (C=O) groups excluding carboxylic acids is 1. The van der Waals surface area contributed by atoms with Gasteiger partial charge in [0.25, 0.3) is 0 Å². The lowest BCUT2D eigenvalue weighted by atomic mass is 10.0. The van der Waals surface area contributed by atoms with Crippen LogP contribution < -0.4 is 10.6 Å². The minimum Gasteiger partial charge on any atom is -0.370 e. The molecule has 2 aromatic heterocycles. The third kappa shape index (κ3) is 5.96. The first kappa shape index (κ1) is 24.2. The van der Waals surface area contributed by atoms with Crippen molar-refractivity contribution in [1.29, 1.82) is 0 Å². The number of benzene rings is 2.